The normalized spacial score (nSPS) is 10.2. The molecule has 0 aliphatic heterocycles. The number of aldehydes is 1. The number of allylic oxidation sites excluding steroid dienone is 3. The molecule has 1 heteroatoms. The average Bonchev–Trinajstić information content (AvgIpc) is 2.03. The molecule has 0 heterocycles. The van der Waals surface area contributed by atoms with Crippen molar-refractivity contribution in [1.82, 2.24) is 0 Å². The van der Waals surface area contributed by atoms with Crippen LogP contribution in [0.3, 0.4) is 0 Å². The number of rotatable bonds is 7. The molecule has 0 aromatic rings. The third-order valence-electron chi connectivity index (χ3n) is 1.46. The van der Waals surface area contributed by atoms with Crippen LogP contribution in [0.2, 0.25) is 0 Å². The number of hydrogen-bond acceptors (Lipinski definition) is 1. The summed E-state index contributed by atoms with van der Waals surface area (Å²) in [7, 11) is 0. The van der Waals surface area contributed by atoms with E-state index in [0.717, 1.165) is 25.5 Å². The van der Waals surface area contributed by atoms with Crippen molar-refractivity contribution in [3.63, 3.8) is 0 Å². The van der Waals surface area contributed by atoms with Crippen molar-refractivity contribution in [1.29, 1.82) is 0 Å². The highest BCUT2D eigenvalue weighted by molar-refractivity contribution is 5.48. The van der Waals surface area contributed by atoms with Crippen molar-refractivity contribution in [2.45, 2.75) is 32.1 Å². The van der Waals surface area contributed by atoms with E-state index in [1.807, 2.05) is 6.08 Å². The van der Waals surface area contributed by atoms with Gasteiger partial charge in [-0.05, 0) is 19.3 Å². The van der Waals surface area contributed by atoms with Gasteiger partial charge >= 0.3 is 0 Å². The van der Waals surface area contributed by atoms with Gasteiger partial charge in [0, 0.05) is 6.42 Å². The standard InChI is InChI=1S/C10H16O/c1-2-3-4-5-6-7-8-9-10-11/h2-4,10H,1,5-9H2. The summed E-state index contributed by atoms with van der Waals surface area (Å²) in [6.45, 7) is 3.57. The van der Waals surface area contributed by atoms with Crippen molar-refractivity contribution in [3.05, 3.63) is 24.8 Å². The largest absolute Gasteiger partial charge is 0.303 e. The van der Waals surface area contributed by atoms with Gasteiger partial charge in [-0.2, -0.15) is 0 Å². The lowest BCUT2D eigenvalue weighted by Gasteiger charge is -1.92. The van der Waals surface area contributed by atoms with Gasteiger partial charge in [0.25, 0.3) is 0 Å². The van der Waals surface area contributed by atoms with Gasteiger partial charge in [-0.15, -0.1) is 0 Å². The molecule has 0 saturated heterocycles. The number of unbranched alkanes of at least 4 members (excludes halogenated alkanes) is 4. The molecular formula is C10H16O. The molecule has 0 aromatic heterocycles. The summed E-state index contributed by atoms with van der Waals surface area (Å²) in [6, 6.07) is 0. The van der Waals surface area contributed by atoms with Crippen molar-refractivity contribution < 1.29 is 4.79 Å². The lowest BCUT2D eigenvalue weighted by molar-refractivity contribution is -0.107. The first-order chi connectivity index (χ1) is 5.41. The van der Waals surface area contributed by atoms with Gasteiger partial charge in [-0.25, -0.2) is 0 Å². The van der Waals surface area contributed by atoms with Crippen LogP contribution in [-0.2, 0) is 4.79 Å². The van der Waals surface area contributed by atoms with Crippen LogP contribution >= 0.6 is 0 Å². The Hall–Kier alpha value is -0.850. The average molecular weight is 152 g/mol. The van der Waals surface area contributed by atoms with Gasteiger partial charge in [-0.3, -0.25) is 0 Å². The molecule has 62 valence electrons. The van der Waals surface area contributed by atoms with Gasteiger partial charge in [0.05, 0.1) is 0 Å². The molecule has 0 aliphatic rings. The fourth-order valence-corrected chi connectivity index (χ4v) is 0.859. The van der Waals surface area contributed by atoms with E-state index in [0.29, 0.717) is 6.42 Å². The highest BCUT2D eigenvalue weighted by atomic mass is 16.1. The Bertz CT molecular complexity index is 125. The summed E-state index contributed by atoms with van der Waals surface area (Å²) < 4.78 is 0. The second-order valence-corrected chi connectivity index (χ2v) is 2.47. The molecule has 11 heavy (non-hydrogen) atoms. The molecule has 0 radical (unpaired) electrons. The smallest absolute Gasteiger partial charge is 0.119 e. The van der Waals surface area contributed by atoms with E-state index in [2.05, 4.69) is 12.7 Å². The second kappa shape index (κ2) is 9.15. The minimum Gasteiger partial charge on any atom is -0.303 e. The van der Waals surface area contributed by atoms with E-state index < -0.39 is 0 Å². The maximum absolute atomic E-state index is 9.91. The second-order valence-electron chi connectivity index (χ2n) is 2.47. The molecule has 0 atom stereocenters. The Morgan fingerprint density at radius 2 is 1.82 bits per heavy atom. The monoisotopic (exact) mass is 152 g/mol. The van der Waals surface area contributed by atoms with Crippen LogP contribution in [0.1, 0.15) is 32.1 Å². The van der Waals surface area contributed by atoms with Crippen molar-refractivity contribution >= 4 is 6.29 Å². The van der Waals surface area contributed by atoms with Gasteiger partial charge in [0.15, 0.2) is 0 Å². The fourth-order valence-electron chi connectivity index (χ4n) is 0.859. The van der Waals surface area contributed by atoms with E-state index in [1.54, 1.807) is 6.08 Å². The van der Waals surface area contributed by atoms with Crippen molar-refractivity contribution in [2.75, 3.05) is 0 Å². The van der Waals surface area contributed by atoms with E-state index >= 15 is 0 Å². The molecular weight excluding hydrogens is 136 g/mol. The zero-order chi connectivity index (χ0) is 8.36. The Balaban J connectivity index is 2.95. The van der Waals surface area contributed by atoms with Gasteiger partial charge in [-0.1, -0.05) is 31.2 Å². The number of carbonyl (C=O) groups excluding carboxylic acids is 1. The summed E-state index contributed by atoms with van der Waals surface area (Å²) in [5.41, 5.74) is 0. The number of hydrogen-bond donors (Lipinski definition) is 0. The van der Waals surface area contributed by atoms with Gasteiger partial charge < -0.3 is 4.79 Å². The lowest BCUT2D eigenvalue weighted by Crippen LogP contribution is -1.77. The fraction of sp³-hybridized carbons (Fsp3) is 0.500. The third-order valence-corrected chi connectivity index (χ3v) is 1.46. The van der Waals surface area contributed by atoms with Crippen LogP contribution in [0.4, 0.5) is 0 Å². The Morgan fingerprint density at radius 3 is 2.45 bits per heavy atom. The van der Waals surface area contributed by atoms with Gasteiger partial charge in [0.1, 0.15) is 6.29 Å². The van der Waals surface area contributed by atoms with Crippen molar-refractivity contribution in [3.8, 4) is 0 Å². The first-order valence-corrected chi connectivity index (χ1v) is 4.13. The Kier molecular flexibility index (Phi) is 8.44. The minimum absolute atomic E-state index is 0.713. The quantitative estimate of drug-likeness (QED) is 0.311. The molecule has 0 aliphatic carbocycles. The predicted octanol–water partition coefficient (Wildman–Crippen LogP) is 2.88. The van der Waals surface area contributed by atoms with Crippen LogP contribution in [0, 0.1) is 0 Å². The Labute approximate surface area is 68.8 Å². The topological polar surface area (TPSA) is 17.1 Å². The highest BCUT2D eigenvalue weighted by Gasteiger charge is 1.85. The number of carbonyl (C=O) groups is 1. The first kappa shape index (κ1) is 10.2. The van der Waals surface area contributed by atoms with Crippen LogP contribution in [-0.4, -0.2) is 6.29 Å². The molecule has 0 fully saturated rings. The first-order valence-electron chi connectivity index (χ1n) is 4.13. The lowest BCUT2D eigenvalue weighted by atomic mass is 10.1. The third kappa shape index (κ3) is 9.15. The maximum atomic E-state index is 9.91. The van der Waals surface area contributed by atoms with Crippen LogP contribution < -0.4 is 0 Å². The van der Waals surface area contributed by atoms with Gasteiger partial charge in [0.2, 0.25) is 0 Å². The summed E-state index contributed by atoms with van der Waals surface area (Å²) in [5, 5.41) is 0. The van der Waals surface area contributed by atoms with Crippen LogP contribution in [0.5, 0.6) is 0 Å². The summed E-state index contributed by atoms with van der Waals surface area (Å²) in [5.74, 6) is 0. The Morgan fingerprint density at radius 1 is 1.09 bits per heavy atom. The van der Waals surface area contributed by atoms with Crippen molar-refractivity contribution in [2.24, 2.45) is 0 Å². The van der Waals surface area contributed by atoms with E-state index in [-0.39, 0.29) is 0 Å². The molecule has 0 aromatic carbocycles. The molecule has 0 unspecified atom stereocenters. The molecule has 0 spiro atoms. The summed E-state index contributed by atoms with van der Waals surface area (Å²) >= 11 is 0. The maximum Gasteiger partial charge on any atom is 0.119 e. The molecule has 0 amide bonds. The molecule has 0 N–H and O–H groups in total. The minimum atomic E-state index is 0.713. The van der Waals surface area contributed by atoms with E-state index in [4.69, 9.17) is 0 Å². The van der Waals surface area contributed by atoms with Crippen LogP contribution in [0.25, 0.3) is 0 Å². The van der Waals surface area contributed by atoms with E-state index in [1.165, 1.54) is 6.42 Å². The zero-order valence-corrected chi connectivity index (χ0v) is 6.96. The molecule has 0 saturated carbocycles. The van der Waals surface area contributed by atoms with E-state index in [9.17, 15) is 4.79 Å². The summed E-state index contributed by atoms with van der Waals surface area (Å²) in [4.78, 5) is 9.91. The predicted molar refractivity (Wildman–Crippen MR) is 48.5 cm³/mol. The zero-order valence-electron chi connectivity index (χ0n) is 6.96. The summed E-state index contributed by atoms with van der Waals surface area (Å²) in [6.07, 6.45) is 12.0. The molecule has 1 nitrogen and oxygen atoms in total. The van der Waals surface area contributed by atoms with Crippen LogP contribution in [0.15, 0.2) is 24.8 Å². The molecule has 0 bridgehead atoms. The highest BCUT2D eigenvalue weighted by Crippen LogP contribution is 2.01. The molecule has 0 rings (SSSR count). The SMILES string of the molecule is C=CC=CCCCCCC=O.